The van der Waals surface area contributed by atoms with Gasteiger partial charge in [0.05, 0.1) is 18.8 Å². The maximum Gasteiger partial charge on any atom is 0.409 e. The predicted octanol–water partition coefficient (Wildman–Crippen LogP) is 2.88. The lowest BCUT2D eigenvalue weighted by atomic mass is 10.1. The molecular formula is C16H23NO4. The molecule has 0 saturated heterocycles. The van der Waals surface area contributed by atoms with Crippen LogP contribution in [-0.2, 0) is 15.9 Å². The van der Waals surface area contributed by atoms with Gasteiger partial charge in [-0.2, -0.15) is 0 Å². The Hall–Kier alpha value is -2.04. The van der Waals surface area contributed by atoms with Crippen LogP contribution in [0.3, 0.4) is 0 Å². The summed E-state index contributed by atoms with van der Waals surface area (Å²) in [5.74, 6) is -0.344. The van der Waals surface area contributed by atoms with Gasteiger partial charge in [0, 0.05) is 19.5 Å². The predicted molar refractivity (Wildman–Crippen MR) is 80.4 cm³/mol. The van der Waals surface area contributed by atoms with Crippen molar-refractivity contribution in [1.82, 2.24) is 4.90 Å². The quantitative estimate of drug-likeness (QED) is 0.725. The van der Waals surface area contributed by atoms with Crippen molar-refractivity contribution >= 4 is 12.1 Å². The van der Waals surface area contributed by atoms with E-state index in [-0.39, 0.29) is 18.7 Å². The van der Waals surface area contributed by atoms with Crippen LogP contribution in [0.25, 0.3) is 0 Å². The van der Waals surface area contributed by atoms with Crippen molar-refractivity contribution in [3.05, 3.63) is 35.4 Å². The van der Waals surface area contributed by atoms with E-state index in [1.54, 1.807) is 24.0 Å². The van der Waals surface area contributed by atoms with Crippen molar-refractivity contribution < 1.29 is 19.1 Å². The van der Waals surface area contributed by atoms with Gasteiger partial charge in [-0.1, -0.05) is 18.2 Å². The average Bonchev–Trinajstić information content (AvgIpc) is 2.49. The summed E-state index contributed by atoms with van der Waals surface area (Å²) < 4.78 is 10.2. The van der Waals surface area contributed by atoms with Crippen LogP contribution in [0.1, 0.15) is 36.7 Å². The summed E-state index contributed by atoms with van der Waals surface area (Å²) in [6, 6.07) is 7.21. The summed E-state index contributed by atoms with van der Waals surface area (Å²) in [5.41, 5.74) is 1.35. The summed E-state index contributed by atoms with van der Waals surface area (Å²) in [5, 5.41) is 0. The topological polar surface area (TPSA) is 55.8 Å². The molecule has 0 unspecified atom stereocenters. The number of rotatable bonds is 7. The highest BCUT2D eigenvalue weighted by atomic mass is 16.6. The molecule has 1 aromatic carbocycles. The average molecular weight is 293 g/mol. The first-order valence-corrected chi connectivity index (χ1v) is 7.30. The van der Waals surface area contributed by atoms with Gasteiger partial charge in [0.15, 0.2) is 0 Å². The minimum Gasteiger partial charge on any atom is -0.462 e. The third-order valence-electron chi connectivity index (χ3n) is 3.13. The fourth-order valence-corrected chi connectivity index (χ4v) is 1.97. The molecule has 0 saturated carbocycles. The number of amides is 1. The zero-order valence-corrected chi connectivity index (χ0v) is 12.9. The third kappa shape index (κ3) is 5.10. The van der Waals surface area contributed by atoms with E-state index in [1.165, 1.54) is 0 Å². The lowest BCUT2D eigenvalue weighted by Crippen LogP contribution is -2.31. The van der Waals surface area contributed by atoms with Crippen LogP contribution in [0.2, 0.25) is 0 Å². The molecule has 0 aliphatic carbocycles. The van der Waals surface area contributed by atoms with Crippen LogP contribution >= 0.6 is 0 Å². The third-order valence-corrected chi connectivity index (χ3v) is 3.13. The minimum atomic E-state index is -0.344. The molecule has 1 aromatic rings. The maximum atomic E-state index is 11.8. The zero-order valence-electron chi connectivity index (χ0n) is 12.9. The lowest BCUT2D eigenvalue weighted by molar-refractivity contribution is 0.0525. The van der Waals surface area contributed by atoms with E-state index in [9.17, 15) is 9.59 Å². The Balaban J connectivity index is 2.60. The number of hydrogen-bond acceptors (Lipinski definition) is 4. The Bertz CT molecular complexity index is 469. The summed E-state index contributed by atoms with van der Waals surface area (Å²) >= 11 is 0. The fraction of sp³-hybridized carbons (Fsp3) is 0.500. The molecule has 0 atom stereocenters. The first-order valence-electron chi connectivity index (χ1n) is 7.30. The second-order valence-corrected chi connectivity index (χ2v) is 4.41. The highest BCUT2D eigenvalue weighted by molar-refractivity contribution is 5.91. The molecule has 5 heteroatoms. The van der Waals surface area contributed by atoms with Gasteiger partial charge in [-0.25, -0.2) is 9.59 Å². The summed E-state index contributed by atoms with van der Waals surface area (Å²) in [6.45, 7) is 7.40. The summed E-state index contributed by atoms with van der Waals surface area (Å²) in [7, 11) is 0. The molecule has 0 N–H and O–H groups in total. The lowest BCUT2D eigenvalue weighted by Gasteiger charge is -2.18. The van der Waals surface area contributed by atoms with Crippen molar-refractivity contribution in [2.24, 2.45) is 0 Å². The van der Waals surface area contributed by atoms with Crippen molar-refractivity contribution in [3.63, 3.8) is 0 Å². The van der Waals surface area contributed by atoms with E-state index >= 15 is 0 Å². The Morgan fingerprint density at radius 1 is 1.05 bits per heavy atom. The van der Waals surface area contributed by atoms with Crippen molar-refractivity contribution in [2.75, 3.05) is 26.3 Å². The molecule has 1 rings (SSSR count). The van der Waals surface area contributed by atoms with Crippen LogP contribution in [0.15, 0.2) is 24.3 Å². The number of carbonyl (C=O) groups is 2. The fourth-order valence-electron chi connectivity index (χ4n) is 1.97. The van der Waals surface area contributed by atoms with Crippen molar-refractivity contribution in [1.29, 1.82) is 0 Å². The number of ether oxygens (including phenoxy) is 2. The molecule has 0 radical (unpaired) electrons. The molecule has 0 heterocycles. The Kier molecular flexibility index (Phi) is 7.29. The number of carbonyl (C=O) groups excluding carboxylic acids is 2. The Morgan fingerprint density at radius 3 is 2.33 bits per heavy atom. The van der Waals surface area contributed by atoms with E-state index < -0.39 is 0 Å². The molecule has 0 aliphatic heterocycles. The molecule has 1 amide bonds. The van der Waals surface area contributed by atoms with Gasteiger partial charge in [-0.3, -0.25) is 0 Å². The molecule has 5 nitrogen and oxygen atoms in total. The van der Waals surface area contributed by atoms with Gasteiger partial charge in [0.2, 0.25) is 0 Å². The van der Waals surface area contributed by atoms with Gasteiger partial charge in [-0.15, -0.1) is 0 Å². The van der Waals surface area contributed by atoms with Crippen molar-refractivity contribution in [3.8, 4) is 0 Å². The molecule has 0 bridgehead atoms. The second kappa shape index (κ2) is 9.00. The number of benzene rings is 1. The standard InChI is InChI=1S/C16H23NO4/c1-4-17(5-2)16(19)21-12-11-13-9-7-8-10-14(13)15(18)20-6-3/h7-10H,4-6,11-12H2,1-3H3. The van der Waals surface area contributed by atoms with E-state index in [4.69, 9.17) is 9.47 Å². The first-order chi connectivity index (χ1) is 10.1. The van der Waals surface area contributed by atoms with Gasteiger partial charge >= 0.3 is 12.1 Å². The van der Waals surface area contributed by atoms with Crippen LogP contribution in [0.4, 0.5) is 4.79 Å². The number of hydrogen-bond donors (Lipinski definition) is 0. The highest BCUT2D eigenvalue weighted by Crippen LogP contribution is 2.11. The van der Waals surface area contributed by atoms with Gasteiger partial charge in [0.25, 0.3) is 0 Å². The molecular weight excluding hydrogens is 270 g/mol. The summed E-state index contributed by atoms with van der Waals surface area (Å²) in [6.07, 6.45) is 0.163. The molecule has 116 valence electrons. The van der Waals surface area contributed by atoms with E-state index in [1.807, 2.05) is 26.0 Å². The van der Waals surface area contributed by atoms with E-state index in [2.05, 4.69) is 0 Å². The van der Waals surface area contributed by atoms with E-state index in [0.717, 1.165) is 5.56 Å². The Labute approximate surface area is 125 Å². The summed E-state index contributed by atoms with van der Waals surface area (Å²) in [4.78, 5) is 25.2. The highest BCUT2D eigenvalue weighted by Gasteiger charge is 2.13. The van der Waals surface area contributed by atoms with Crippen LogP contribution in [-0.4, -0.2) is 43.3 Å². The SMILES string of the molecule is CCOC(=O)c1ccccc1CCOC(=O)N(CC)CC. The number of nitrogens with zero attached hydrogens (tertiary/aromatic N) is 1. The van der Waals surface area contributed by atoms with Crippen LogP contribution in [0, 0.1) is 0 Å². The number of esters is 1. The minimum absolute atomic E-state index is 0.242. The molecule has 0 spiro atoms. The Morgan fingerprint density at radius 2 is 1.71 bits per heavy atom. The van der Waals surface area contributed by atoms with Crippen LogP contribution in [0.5, 0.6) is 0 Å². The van der Waals surface area contributed by atoms with Gasteiger partial charge in [-0.05, 0) is 32.4 Å². The van der Waals surface area contributed by atoms with E-state index in [0.29, 0.717) is 31.7 Å². The van der Waals surface area contributed by atoms with Gasteiger partial charge < -0.3 is 14.4 Å². The molecule has 0 aromatic heterocycles. The second-order valence-electron chi connectivity index (χ2n) is 4.41. The normalized spacial score (nSPS) is 10.0. The smallest absolute Gasteiger partial charge is 0.409 e. The molecule has 21 heavy (non-hydrogen) atoms. The monoisotopic (exact) mass is 293 g/mol. The van der Waals surface area contributed by atoms with Crippen LogP contribution < -0.4 is 0 Å². The molecule has 0 aliphatic rings. The largest absolute Gasteiger partial charge is 0.462 e. The first kappa shape index (κ1) is 17.0. The van der Waals surface area contributed by atoms with Crippen molar-refractivity contribution in [2.45, 2.75) is 27.2 Å². The maximum absolute atomic E-state index is 11.8. The molecule has 0 fully saturated rings. The zero-order chi connectivity index (χ0) is 15.7. The van der Waals surface area contributed by atoms with Gasteiger partial charge in [0.1, 0.15) is 0 Å².